The molecule has 84 heavy (non-hydrogen) atoms. The lowest BCUT2D eigenvalue weighted by Crippen LogP contribution is -2.15. The summed E-state index contributed by atoms with van der Waals surface area (Å²) < 4.78 is 8.99. The van der Waals surface area contributed by atoms with Crippen LogP contribution in [0.1, 0.15) is 26.3 Å². The molecule has 0 bridgehead atoms. The zero-order valence-electron chi connectivity index (χ0n) is 46.6. The summed E-state index contributed by atoms with van der Waals surface area (Å²) in [6.45, 7) is 6.87. The van der Waals surface area contributed by atoms with Crippen molar-refractivity contribution in [3.05, 3.63) is 279 Å². The maximum absolute atomic E-state index is 5.65. The molecule has 0 unspecified atom stereocenters. The van der Waals surface area contributed by atoms with E-state index in [1.165, 1.54) is 16.7 Å². The molecule has 0 aliphatic heterocycles. The van der Waals surface area contributed by atoms with Crippen molar-refractivity contribution in [3.63, 3.8) is 0 Å². The fourth-order valence-corrected chi connectivity index (χ4v) is 13.1. The lowest BCUT2D eigenvalue weighted by Gasteiger charge is -2.29. The van der Waals surface area contributed by atoms with E-state index in [-0.39, 0.29) is 5.41 Å². The molecule has 0 amide bonds. The summed E-state index contributed by atoms with van der Waals surface area (Å²) in [7, 11) is 0. The summed E-state index contributed by atoms with van der Waals surface area (Å²) in [5.74, 6) is 1.58. The smallest absolute Gasteiger partial charge is 0.223 e. The summed E-state index contributed by atoms with van der Waals surface area (Å²) in [6, 6.07) is 95.6. The average molecular weight is 1080 g/mol. The molecule has 5 aromatic heterocycles. The molecule has 0 fully saturated rings. The monoisotopic (exact) mass is 1080 g/mol. The van der Waals surface area contributed by atoms with Crippen molar-refractivity contribution in [2.75, 3.05) is 0 Å². The fraction of sp³-hybridized carbons (Fsp3) is 0.0526. The zero-order valence-corrected chi connectivity index (χ0v) is 46.6. The minimum atomic E-state index is -0.364. The van der Waals surface area contributed by atoms with Crippen molar-refractivity contribution in [2.24, 2.45) is 0 Å². The number of hydrogen-bond donors (Lipinski definition) is 0. The van der Waals surface area contributed by atoms with Gasteiger partial charge in [-0.1, -0.05) is 233 Å². The molecule has 0 saturated carbocycles. The third-order valence-corrected chi connectivity index (χ3v) is 16.5. The molecule has 16 aromatic rings. The quantitative estimate of drug-likeness (QED) is 0.144. The maximum Gasteiger partial charge on any atom is 0.223 e. The Balaban J connectivity index is 0.975. The van der Waals surface area contributed by atoms with Gasteiger partial charge in [0.2, 0.25) is 11.6 Å². The first-order chi connectivity index (χ1) is 41.4. The molecular weight excluding hydrogens is 1020 g/mol. The van der Waals surface area contributed by atoms with E-state index in [0.717, 1.165) is 134 Å². The van der Waals surface area contributed by atoms with E-state index in [1.807, 2.05) is 30.5 Å². The van der Waals surface area contributed by atoms with Gasteiger partial charge in [-0.25, -0.2) is 19.9 Å². The summed E-state index contributed by atoms with van der Waals surface area (Å²) in [5, 5.41) is 0. The highest BCUT2D eigenvalue weighted by Crippen LogP contribution is 2.56. The Morgan fingerprint density at radius 2 is 0.750 bits per heavy atom. The van der Waals surface area contributed by atoms with E-state index in [0.29, 0.717) is 0 Å². The Hall–Kier alpha value is -11.0. The molecule has 16 rings (SSSR count). The average Bonchev–Trinajstić information content (AvgIpc) is 2.78. The number of hydrogen-bond acceptors (Lipinski definition) is 4. The second-order valence-electron chi connectivity index (χ2n) is 22.6. The molecule has 398 valence electrons. The van der Waals surface area contributed by atoms with Gasteiger partial charge in [0.05, 0.1) is 50.7 Å². The number of imidazole rings is 4. The van der Waals surface area contributed by atoms with Crippen molar-refractivity contribution in [2.45, 2.75) is 26.2 Å². The van der Waals surface area contributed by atoms with Crippen LogP contribution in [0.3, 0.4) is 0 Å². The van der Waals surface area contributed by atoms with Crippen LogP contribution < -0.4 is 0 Å². The topological polar surface area (TPSA) is 70.2 Å². The van der Waals surface area contributed by atoms with Crippen LogP contribution in [0, 0.1) is 0 Å². The highest BCUT2D eigenvalue weighted by molar-refractivity contribution is 6.15. The molecule has 0 aliphatic rings. The Morgan fingerprint density at radius 3 is 1.29 bits per heavy atom. The highest BCUT2D eigenvalue weighted by atomic mass is 15.3. The molecule has 0 N–H and O–H groups in total. The lowest BCUT2D eigenvalue weighted by molar-refractivity contribution is 0.596. The van der Waals surface area contributed by atoms with E-state index in [4.69, 9.17) is 19.9 Å². The van der Waals surface area contributed by atoms with Gasteiger partial charge in [-0.2, -0.15) is 0 Å². The Morgan fingerprint density at radius 1 is 0.321 bits per heavy atom. The molecular formula is C76H54N8. The molecule has 0 atom stereocenters. The first-order valence-electron chi connectivity index (χ1n) is 28.6. The lowest BCUT2D eigenvalue weighted by atomic mass is 9.74. The van der Waals surface area contributed by atoms with Gasteiger partial charge in [-0.05, 0) is 132 Å². The van der Waals surface area contributed by atoms with Crippen LogP contribution >= 0.6 is 0 Å². The van der Waals surface area contributed by atoms with E-state index < -0.39 is 0 Å². The number of rotatable bonds is 9. The van der Waals surface area contributed by atoms with Crippen LogP contribution in [0.2, 0.25) is 0 Å². The molecule has 0 aliphatic carbocycles. The van der Waals surface area contributed by atoms with Crippen molar-refractivity contribution in [1.29, 1.82) is 0 Å². The van der Waals surface area contributed by atoms with Gasteiger partial charge in [-0.15, -0.1) is 0 Å². The minimum Gasteiger partial charge on any atom is -0.278 e. The van der Waals surface area contributed by atoms with Gasteiger partial charge in [0.25, 0.3) is 0 Å². The standard InChI is InChI=1S/C76H54N8/c1-76(2,3)70-57(60-48-77-72-73(78-60)82(55-38-20-9-21-39-55)75-79-58-41-22-23-42-61(58)84(72)75)45-46-59-71(70)83-63-44-25-24-43-62(63)81(74(83)80-59)56-40-26-37-54(47-56)69-67(52-33-16-7-17-34-52)65(50-29-12-5-13-30-50)64(49-27-10-4-11-28-49)66(51-31-14-6-15-32-51)68(69)53-35-18-8-19-36-53/h4-48H,1-3H3. The van der Waals surface area contributed by atoms with Gasteiger partial charge in [0.1, 0.15) is 0 Å². The predicted octanol–water partition coefficient (Wildman–Crippen LogP) is 18.9. The second-order valence-corrected chi connectivity index (χ2v) is 22.6. The summed E-state index contributed by atoms with van der Waals surface area (Å²) in [6.07, 6.45) is 1.93. The molecule has 0 saturated heterocycles. The Bertz CT molecular complexity index is 5080. The van der Waals surface area contributed by atoms with E-state index in [2.05, 4.69) is 281 Å². The number of fused-ring (bicyclic) bond motifs is 10. The van der Waals surface area contributed by atoms with Gasteiger partial charge >= 0.3 is 0 Å². The van der Waals surface area contributed by atoms with Crippen LogP contribution in [0.15, 0.2) is 273 Å². The van der Waals surface area contributed by atoms with Crippen molar-refractivity contribution < 1.29 is 0 Å². The fourth-order valence-electron chi connectivity index (χ4n) is 13.1. The Labute approximate surface area is 485 Å². The van der Waals surface area contributed by atoms with Crippen LogP contribution in [0.5, 0.6) is 0 Å². The Kier molecular flexibility index (Phi) is 11.3. The second kappa shape index (κ2) is 19.4. The van der Waals surface area contributed by atoms with Crippen molar-refractivity contribution in [3.8, 4) is 89.4 Å². The normalized spacial score (nSPS) is 12.0. The van der Waals surface area contributed by atoms with E-state index >= 15 is 0 Å². The number of benzene rings is 11. The number of aromatic nitrogens is 8. The third kappa shape index (κ3) is 7.68. The van der Waals surface area contributed by atoms with Gasteiger partial charge in [0.15, 0.2) is 11.3 Å². The van der Waals surface area contributed by atoms with E-state index in [1.54, 1.807) is 0 Å². The first kappa shape index (κ1) is 48.9. The maximum atomic E-state index is 5.65. The molecule has 8 heteroatoms. The van der Waals surface area contributed by atoms with Crippen LogP contribution in [-0.2, 0) is 5.41 Å². The largest absolute Gasteiger partial charge is 0.278 e. The summed E-state index contributed by atoms with van der Waals surface area (Å²) >= 11 is 0. The number of para-hydroxylation sites is 5. The van der Waals surface area contributed by atoms with Gasteiger partial charge < -0.3 is 0 Å². The van der Waals surface area contributed by atoms with Crippen LogP contribution in [0.4, 0.5) is 0 Å². The summed E-state index contributed by atoms with van der Waals surface area (Å²) in [5.41, 5.74) is 25.6. The van der Waals surface area contributed by atoms with Gasteiger partial charge in [-0.3, -0.25) is 17.9 Å². The first-order valence-corrected chi connectivity index (χ1v) is 28.6. The zero-order chi connectivity index (χ0) is 56.0. The molecule has 0 radical (unpaired) electrons. The third-order valence-electron chi connectivity index (χ3n) is 16.5. The number of nitrogens with zero attached hydrogens (tertiary/aromatic N) is 8. The molecule has 8 nitrogen and oxygen atoms in total. The predicted molar refractivity (Wildman–Crippen MR) is 345 cm³/mol. The van der Waals surface area contributed by atoms with Crippen molar-refractivity contribution >= 4 is 55.9 Å². The SMILES string of the molecule is CC(C)(C)c1c(-c2cnc3c(n2)n(-c2ccccc2)c2nc4ccccc4n32)ccc2nc3n(-c4cccc(-c5c(-c6ccccc6)c(-c6ccccc6)c(-c6ccccc6)c(-c6ccccc6)c5-c5ccccc5)c4)c4ccccc4n3c12. The van der Waals surface area contributed by atoms with Crippen molar-refractivity contribution in [1.82, 2.24) is 37.9 Å². The molecule has 0 spiro atoms. The van der Waals surface area contributed by atoms with Crippen LogP contribution in [-0.4, -0.2) is 37.9 Å². The highest BCUT2D eigenvalue weighted by Gasteiger charge is 2.32. The van der Waals surface area contributed by atoms with Crippen LogP contribution in [0.25, 0.3) is 145 Å². The van der Waals surface area contributed by atoms with Gasteiger partial charge in [0, 0.05) is 11.3 Å². The molecule has 11 aromatic carbocycles. The minimum absolute atomic E-state index is 0.364. The van der Waals surface area contributed by atoms with E-state index in [9.17, 15) is 0 Å². The molecule has 5 heterocycles. The summed E-state index contributed by atoms with van der Waals surface area (Å²) in [4.78, 5) is 21.6.